The summed E-state index contributed by atoms with van der Waals surface area (Å²) in [6.07, 6.45) is 1.04. The molecule has 4 N–H and O–H groups in total. The van der Waals surface area contributed by atoms with Crippen molar-refractivity contribution in [1.29, 1.82) is 0 Å². The highest BCUT2D eigenvalue weighted by molar-refractivity contribution is 6.02. The van der Waals surface area contributed by atoms with E-state index in [-0.39, 0.29) is 5.91 Å². The molecule has 6 nitrogen and oxygen atoms in total. The van der Waals surface area contributed by atoms with Gasteiger partial charge < -0.3 is 16.4 Å². The van der Waals surface area contributed by atoms with Crippen LogP contribution in [0, 0.1) is 6.92 Å². The Hall–Kier alpha value is -2.84. The number of carbonyl (C=O) groups is 1. The van der Waals surface area contributed by atoms with E-state index in [4.69, 9.17) is 5.73 Å². The number of nitrogens with one attached hydrogen (secondary N) is 2. The van der Waals surface area contributed by atoms with Crippen LogP contribution in [0.2, 0.25) is 0 Å². The van der Waals surface area contributed by atoms with Gasteiger partial charge in [-0.2, -0.15) is 13.2 Å². The largest absolute Gasteiger partial charge is 0.423 e. The van der Waals surface area contributed by atoms with Gasteiger partial charge in [-0.25, -0.2) is 9.97 Å². The molecule has 2 heterocycles. The lowest BCUT2D eigenvalue weighted by Gasteiger charge is -2.34. The lowest BCUT2D eigenvalue weighted by atomic mass is 9.77. The van der Waals surface area contributed by atoms with Gasteiger partial charge in [0.05, 0.1) is 5.54 Å². The van der Waals surface area contributed by atoms with Crippen molar-refractivity contribution >= 4 is 23.2 Å². The molecule has 1 aromatic carbocycles. The van der Waals surface area contributed by atoms with Crippen LogP contribution in [0.15, 0.2) is 18.5 Å². The fourth-order valence-corrected chi connectivity index (χ4v) is 4.35. The van der Waals surface area contributed by atoms with E-state index < -0.39 is 28.9 Å². The van der Waals surface area contributed by atoms with E-state index in [1.54, 1.807) is 19.1 Å². The van der Waals surface area contributed by atoms with E-state index in [9.17, 15) is 18.0 Å². The number of nitrogens with zero attached hydrogens (tertiary/aromatic N) is 2. The molecule has 1 spiro atoms. The van der Waals surface area contributed by atoms with Crippen LogP contribution >= 0.6 is 0 Å². The average molecular weight is 391 g/mol. The summed E-state index contributed by atoms with van der Waals surface area (Å²) in [6, 6.07) is 3.41. The molecule has 28 heavy (non-hydrogen) atoms. The number of aromatic nitrogens is 2. The first-order valence-corrected chi connectivity index (χ1v) is 9.14. The monoisotopic (exact) mass is 391 g/mol. The Kier molecular flexibility index (Phi) is 4.20. The first-order chi connectivity index (χ1) is 13.2. The smallest absolute Gasteiger partial charge is 0.383 e. The Balaban J connectivity index is 1.78. The van der Waals surface area contributed by atoms with Crippen molar-refractivity contribution in [2.24, 2.45) is 0 Å². The molecular weight excluding hydrogens is 371 g/mol. The van der Waals surface area contributed by atoms with E-state index in [1.165, 1.54) is 0 Å². The summed E-state index contributed by atoms with van der Waals surface area (Å²) in [5.74, 6) is -1.17. The highest BCUT2D eigenvalue weighted by Crippen LogP contribution is 2.45. The van der Waals surface area contributed by atoms with Crippen molar-refractivity contribution in [2.45, 2.75) is 50.7 Å². The zero-order chi connectivity index (χ0) is 20.1. The summed E-state index contributed by atoms with van der Waals surface area (Å²) in [4.78, 5) is 19.7. The molecule has 0 radical (unpaired) electrons. The van der Waals surface area contributed by atoms with Crippen molar-refractivity contribution in [3.63, 3.8) is 0 Å². The lowest BCUT2D eigenvalue weighted by molar-refractivity contribution is -0.136. The van der Waals surface area contributed by atoms with Crippen molar-refractivity contribution in [3.05, 3.63) is 40.7 Å². The zero-order valence-corrected chi connectivity index (χ0v) is 15.3. The van der Waals surface area contributed by atoms with Gasteiger partial charge >= 0.3 is 6.18 Å². The van der Waals surface area contributed by atoms with E-state index >= 15 is 0 Å². The number of anilines is 3. The molecule has 0 atom stereocenters. The predicted octanol–water partition coefficient (Wildman–Crippen LogP) is 4.03. The van der Waals surface area contributed by atoms with Gasteiger partial charge in [-0.05, 0) is 43.0 Å². The molecule has 9 heteroatoms. The number of carbonyl (C=O) groups excluding carboxylic acids is 1. The standard InChI is InChI=1S/C19H20F3N5O/c1-10-7-11(26-16-14(19(20,21)22)15(23)24-9-25-16)8-12-13(10)17(28)27-18(12)5-3-2-4-6-18/h7-9H,2-6H2,1H3,(H,27,28)(H3,23,24,25,26). The van der Waals surface area contributed by atoms with Gasteiger partial charge in [-0.3, -0.25) is 4.79 Å². The number of rotatable bonds is 2. The third kappa shape index (κ3) is 2.94. The van der Waals surface area contributed by atoms with E-state index in [2.05, 4.69) is 20.6 Å². The Bertz CT molecular complexity index is 951. The van der Waals surface area contributed by atoms with Crippen LogP contribution in [-0.2, 0) is 11.7 Å². The van der Waals surface area contributed by atoms with Gasteiger partial charge in [0.2, 0.25) is 0 Å². The summed E-state index contributed by atoms with van der Waals surface area (Å²) in [5.41, 5.74) is 6.50. The van der Waals surface area contributed by atoms with Crippen LogP contribution < -0.4 is 16.4 Å². The van der Waals surface area contributed by atoms with Gasteiger partial charge in [0.25, 0.3) is 5.91 Å². The summed E-state index contributed by atoms with van der Waals surface area (Å²) < 4.78 is 40.2. The second-order valence-corrected chi connectivity index (χ2v) is 7.42. The van der Waals surface area contributed by atoms with Gasteiger partial charge in [0.1, 0.15) is 23.5 Å². The van der Waals surface area contributed by atoms with Crippen LogP contribution in [0.3, 0.4) is 0 Å². The first-order valence-electron chi connectivity index (χ1n) is 9.14. The lowest BCUT2D eigenvalue weighted by Crippen LogP contribution is -2.40. The van der Waals surface area contributed by atoms with Crippen molar-refractivity contribution in [3.8, 4) is 0 Å². The topological polar surface area (TPSA) is 92.9 Å². The molecule has 4 rings (SSSR count). The number of alkyl halides is 3. The number of halogens is 3. The minimum Gasteiger partial charge on any atom is -0.383 e. The molecule has 1 aliphatic carbocycles. The number of amides is 1. The zero-order valence-electron chi connectivity index (χ0n) is 15.3. The molecule has 148 valence electrons. The fourth-order valence-electron chi connectivity index (χ4n) is 4.35. The SMILES string of the molecule is Cc1cc(Nc2ncnc(N)c2C(F)(F)F)cc2c1C(=O)NC21CCCCC1. The maximum Gasteiger partial charge on any atom is 0.423 e. The molecule has 2 aliphatic rings. The Morgan fingerprint density at radius 3 is 2.57 bits per heavy atom. The second kappa shape index (κ2) is 6.35. The van der Waals surface area contributed by atoms with Crippen molar-refractivity contribution in [2.75, 3.05) is 11.1 Å². The third-order valence-corrected chi connectivity index (χ3v) is 5.56. The number of nitrogens with two attached hydrogens (primary N) is 1. The van der Waals surface area contributed by atoms with E-state index in [0.717, 1.165) is 44.0 Å². The van der Waals surface area contributed by atoms with Gasteiger partial charge in [0.15, 0.2) is 0 Å². The summed E-state index contributed by atoms with van der Waals surface area (Å²) in [7, 11) is 0. The molecule has 1 fully saturated rings. The van der Waals surface area contributed by atoms with Gasteiger partial charge in [-0.15, -0.1) is 0 Å². The number of nitrogen functional groups attached to an aromatic ring is 1. The number of hydrogen-bond donors (Lipinski definition) is 3. The maximum atomic E-state index is 13.4. The van der Waals surface area contributed by atoms with E-state index in [0.29, 0.717) is 16.8 Å². The highest BCUT2D eigenvalue weighted by Gasteiger charge is 2.44. The van der Waals surface area contributed by atoms with Crippen LogP contribution in [0.5, 0.6) is 0 Å². The first kappa shape index (κ1) is 18.5. The quantitative estimate of drug-likeness (QED) is 0.719. The number of hydrogen-bond acceptors (Lipinski definition) is 5. The van der Waals surface area contributed by atoms with E-state index in [1.807, 2.05) is 0 Å². The Labute approximate surface area is 159 Å². The molecule has 2 aromatic rings. The highest BCUT2D eigenvalue weighted by atomic mass is 19.4. The number of benzene rings is 1. The number of fused-ring (bicyclic) bond motifs is 2. The summed E-state index contributed by atoms with van der Waals surface area (Å²) in [5, 5.41) is 5.86. The molecule has 0 unspecified atom stereocenters. The van der Waals surface area contributed by atoms with Gasteiger partial charge in [-0.1, -0.05) is 19.3 Å². The Morgan fingerprint density at radius 2 is 1.89 bits per heavy atom. The predicted molar refractivity (Wildman–Crippen MR) is 98.1 cm³/mol. The van der Waals surface area contributed by atoms with Crippen LogP contribution in [0.1, 0.15) is 59.2 Å². The number of aryl methyl sites for hydroxylation is 1. The fraction of sp³-hybridized carbons (Fsp3) is 0.421. The molecule has 1 amide bonds. The van der Waals surface area contributed by atoms with Crippen LogP contribution in [-0.4, -0.2) is 15.9 Å². The summed E-state index contributed by atoms with van der Waals surface area (Å²) >= 11 is 0. The Morgan fingerprint density at radius 1 is 1.18 bits per heavy atom. The minimum atomic E-state index is -4.69. The molecule has 1 aliphatic heterocycles. The summed E-state index contributed by atoms with van der Waals surface area (Å²) in [6.45, 7) is 1.78. The second-order valence-electron chi connectivity index (χ2n) is 7.42. The van der Waals surface area contributed by atoms with Crippen LogP contribution in [0.25, 0.3) is 0 Å². The normalized spacial score (nSPS) is 18.1. The van der Waals surface area contributed by atoms with Crippen LogP contribution in [0.4, 0.5) is 30.5 Å². The van der Waals surface area contributed by atoms with Crippen molar-refractivity contribution < 1.29 is 18.0 Å². The molecular formula is C19H20F3N5O. The third-order valence-electron chi connectivity index (χ3n) is 5.56. The van der Waals surface area contributed by atoms with Gasteiger partial charge in [0, 0.05) is 11.3 Å². The maximum absolute atomic E-state index is 13.4. The van der Waals surface area contributed by atoms with Crippen molar-refractivity contribution in [1.82, 2.24) is 15.3 Å². The molecule has 0 bridgehead atoms. The molecule has 1 aromatic heterocycles. The molecule has 1 saturated carbocycles. The average Bonchev–Trinajstić information content (AvgIpc) is 2.86. The minimum absolute atomic E-state index is 0.122. The molecule has 0 saturated heterocycles.